The molecule has 29 heavy (non-hydrogen) atoms. The van der Waals surface area contributed by atoms with Crippen LogP contribution in [0, 0.1) is 0 Å². The van der Waals surface area contributed by atoms with Gasteiger partial charge in [-0.25, -0.2) is 0 Å². The molecule has 152 valence electrons. The van der Waals surface area contributed by atoms with Crippen LogP contribution in [-0.2, 0) is 9.47 Å². The summed E-state index contributed by atoms with van der Waals surface area (Å²) in [6.45, 7) is 3.48. The molecule has 2 nitrogen and oxygen atoms in total. The lowest BCUT2D eigenvalue weighted by molar-refractivity contribution is -0.146. The molecule has 0 unspecified atom stereocenters. The molecule has 1 aliphatic rings. The molecule has 1 saturated heterocycles. The van der Waals surface area contributed by atoms with Gasteiger partial charge in [-0.3, -0.25) is 0 Å². The van der Waals surface area contributed by atoms with E-state index in [2.05, 4.69) is 97.9 Å². The Kier molecular flexibility index (Phi) is 7.86. The monoisotopic (exact) mass is 518 g/mol. The van der Waals surface area contributed by atoms with E-state index >= 15 is 0 Å². The zero-order valence-corrected chi connectivity index (χ0v) is 19.9. The molecule has 0 aromatic heterocycles. The molecule has 0 radical (unpaired) electrons. The first-order chi connectivity index (χ1) is 13.7. The molecule has 0 aliphatic carbocycles. The molecule has 4 heteroatoms. The molecule has 1 heterocycles. The van der Waals surface area contributed by atoms with Gasteiger partial charge >= 0.3 is 0 Å². The van der Waals surface area contributed by atoms with Crippen LogP contribution in [0.1, 0.15) is 19.8 Å². The van der Waals surface area contributed by atoms with Crippen molar-refractivity contribution in [3.63, 3.8) is 0 Å². The first-order valence-corrected chi connectivity index (χ1v) is 12.0. The maximum Gasteiger partial charge on any atom is 0.165 e. The molecule has 0 bridgehead atoms. The molecule has 1 aliphatic heterocycles. The van der Waals surface area contributed by atoms with E-state index in [-0.39, 0.29) is 24.0 Å². The topological polar surface area (TPSA) is 18.5 Å². The summed E-state index contributed by atoms with van der Waals surface area (Å²) in [5.41, 5.74) is 0. The van der Waals surface area contributed by atoms with Gasteiger partial charge in [0, 0.05) is 6.42 Å². The molecule has 0 spiro atoms. The molecule has 0 saturated carbocycles. The summed E-state index contributed by atoms with van der Waals surface area (Å²) >= 11 is 0. The first-order valence-electron chi connectivity index (χ1n) is 10.1. The fraction of sp³-hybridized carbons (Fsp3) is 0.280. The number of benzene rings is 3. The van der Waals surface area contributed by atoms with E-state index in [9.17, 15) is 0 Å². The van der Waals surface area contributed by atoms with E-state index in [1.54, 1.807) is 0 Å². The molecule has 3 aromatic rings. The van der Waals surface area contributed by atoms with E-state index in [1.165, 1.54) is 15.9 Å². The predicted molar refractivity (Wildman–Crippen MR) is 120 cm³/mol. The van der Waals surface area contributed by atoms with E-state index in [1.807, 2.05) is 0 Å². The zero-order chi connectivity index (χ0) is 19.3. The van der Waals surface area contributed by atoms with Gasteiger partial charge in [0.25, 0.3) is 0 Å². The van der Waals surface area contributed by atoms with Crippen LogP contribution in [0.5, 0.6) is 0 Å². The highest BCUT2D eigenvalue weighted by atomic mass is 127. The third kappa shape index (κ3) is 4.91. The van der Waals surface area contributed by atoms with Gasteiger partial charge in [-0.05, 0) is 49.7 Å². The lowest BCUT2D eigenvalue weighted by Gasteiger charge is -2.29. The van der Waals surface area contributed by atoms with E-state index < -0.39 is 13.0 Å². The Morgan fingerprint density at radius 1 is 0.690 bits per heavy atom. The van der Waals surface area contributed by atoms with Gasteiger partial charge < -0.3 is 33.5 Å². The highest BCUT2D eigenvalue weighted by Gasteiger charge is 2.45. The minimum Gasteiger partial charge on any atom is -1.00 e. The first kappa shape index (κ1) is 22.4. The third-order valence-electron chi connectivity index (χ3n) is 5.61. The van der Waals surface area contributed by atoms with Crippen molar-refractivity contribution in [2.45, 2.75) is 25.6 Å². The minimum absolute atomic E-state index is 0. The van der Waals surface area contributed by atoms with Crippen molar-refractivity contribution in [3.05, 3.63) is 91.0 Å². The maximum absolute atomic E-state index is 5.86. The second-order valence-electron chi connectivity index (χ2n) is 7.47. The van der Waals surface area contributed by atoms with Crippen LogP contribution in [-0.4, -0.2) is 25.2 Å². The van der Waals surface area contributed by atoms with Crippen LogP contribution in [0.15, 0.2) is 91.0 Å². The fourth-order valence-corrected chi connectivity index (χ4v) is 8.57. The summed E-state index contributed by atoms with van der Waals surface area (Å²) < 4.78 is 11.7. The van der Waals surface area contributed by atoms with Crippen LogP contribution in [0.25, 0.3) is 0 Å². The third-order valence-corrected chi connectivity index (χ3v) is 10.1. The predicted octanol–water partition coefficient (Wildman–Crippen LogP) is 1.53. The van der Waals surface area contributed by atoms with Gasteiger partial charge in [0.15, 0.2) is 5.79 Å². The van der Waals surface area contributed by atoms with Crippen LogP contribution in [0.4, 0.5) is 0 Å². The van der Waals surface area contributed by atoms with Crippen LogP contribution >= 0.6 is 7.26 Å². The molecule has 0 N–H and O–H groups in total. The van der Waals surface area contributed by atoms with Crippen molar-refractivity contribution in [2.24, 2.45) is 0 Å². The Morgan fingerprint density at radius 3 is 1.45 bits per heavy atom. The average molecular weight is 518 g/mol. The average Bonchev–Trinajstić information content (AvgIpc) is 3.20. The zero-order valence-electron chi connectivity index (χ0n) is 16.8. The van der Waals surface area contributed by atoms with Crippen LogP contribution < -0.4 is 39.9 Å². The van der Waals surface area contributed by atoms with Crippen molar-refractivity contribution in [2.75, 3.05) is 19.4 Å². The lowest BCUT2D eigenvalue weighted by Crippen LogP contribution is -3.00. The number of ether oxygens (including phenoxy) is 2. The van der Waals surface area contributed by atoms with E-state index in [0.29, 0.717) is 13.2 Å². The normalized spacial score (nSPS) is 15.6. The Labute approximate surface area is 192 Å². The Hall–Kier alpha value is -1.26. The molecule has 0 amide bonds. The van der Waals surface area contributed by atoms with Crippen molar-refractivity contribution < 1.29 is 33.5 Å². The van der Waals surface area contributed by atoms with Gasteiger partial charge in [0.2, 0.25) is 0 Å². The molecule has 3 aromatic carbocycles. The molecule has 4 rings (SSSR count). The van der Waals surface area contributed by atoms with Gasteiger partial charge in [-0.2, -0.15) is 0 Å². The Morgan fingerprint density at radius 2 is 1.07 bits per heavy atom. The summed E-state index contributed by atoms with van der Waals surface area (Å²) in [6, 6.07) is 33.1. The van der Waals surface area contributed by atoms with Crippen LogP contribution in [0.3, 0.4) is 0 Å². The van der Waals surface area contributed by atoms with Crippen molar-refractivity contribution >= 4 is 23.2 Å². The molecular formula is C25H28IO2P. The summed E-state index contributed by atoms with van der Waals surface area (Å²) in [6.07, 6.45) is 3.08. The lowest BCUT2D eigenvalue weighted by atomic mass is 10.2. The smallest absolute Gasteiger partial charge is 0.165 e. The second-order valence-corrected chi connectivity index (χ2v) is 11.1. The Bertz CT molecular complexity index is 768. The number of rotatable bonds is 7. The van der Waals surface area contributed by atoms with Gasteiger partial charge in [-0.1, -0.05) is 54.6 Å². The van der Waals surface area contributed by atoms with Gasteiger partial charge in [0.1, 0.15) is 23.2 Å². The summed E-state index contributed by atoms with van der Waals surface area (Å²) in [5, 5.41) is 4.31. The summed E-state index contributed by atoms with van der Waals surface area (Å²) in [5.74, 6) is -0.431. The van der Waals surface area contributed by atoms with E-state index in [4.69, 9.17) is 9.47 Å². The fourth-order valence-electron chi connectivity index (χ4n) is 4.22. The van der Waals surface area contributed by atoms with Crippen molar-refractivity contribution in [3.8, 4) is 0 Å². The minimum atomic E-state index is -1.75. The van der Waals surface area contributed by atoms with Crippen molar-refractivity contribution in [1.29, 1.82) is 0 Å². The summed E-state index contributed by atoms with van der Waals surface area (Å²) in [7, 11) is -1.75. The number of hydrogen-bond acceptors (Lipinski definition) is 2. The SMILES string of the molecule is CC1(CCC[P+](c2ccccc2)(c2ccccc2)c2ccccc2)OCCO1.[I-]. The van der Waals surface area contributed by atoms with Gasteiger partial charge in [-0.15, -0.1) is 0 Å². The van der Waals surface area contributed by atoms with Gasteiger partial charge in [0.05, 0.1) is 19.4 Å². The molecule has 1 fully saturated rings. The Balaban J connectivity index is 0.00000240. The largest absolute Gasteiger partial charge is 1.00 e. The number of hydrogen-bond donors (Lipinski definition) is 0. The quantitative estimate of drug-likeness (QED) is 0.349. The van der Waals surface area contributed by atoms with Crippen molar-refractivity contribution in [1.82, 2.24) is 0 Å². The molecule has 0 atom stereocenters. The number of halogens is 1. The maximum atomic E-state index is 5.86. The second kappa shape index (κ2) is 10.2. The standard InChI is InChI=1S/C25H28O2P.HI/c1-25(26-19-20-27-25)18-11-21-28(22-12-5-2-6-13-22,23-14-7-3-8-15-23)24-16-9-4-10-17-24;/h2-10,12-17H,11,18-21H2,1H3;1H/q+1;/p-1. The highest BCUT2D eigenvalue weighted by molar-refractivity contribution is 7.95. The molecular weight excluding hydrogens is 490 g/mol. The van der Waals surface area contributed by atoms with E-state index in [0.717, 1.165) is 19.0 Å². The highest BCUT2D eigenvalue weighted by Crippen LogP contribution is 2.56. The summed E-state index contributed by atoms with van der Waals surface area (Å²) in [4.78, 5) is 0. The van der Waals surface area contributed by atoms with Crippen LogP contribution in [0.2, 0.25) is 0 Å².